The molecular weight excluding hydrogens is 286 g/mol. The van der Waals surface area contributed by atoms with Gasteiger partial charge in [0.05, 0.1) is 6.10 Å². The predicted molar refractivity (Wildman–Crippen MR) is 81.3 cm³/mol. The van der Waals surface area contributed by atoms with Crippen molar-refractivity contribution < 1.29 is 19.4 Å². The molecule has 2 aliphatic rings. The number of aliphatic hydroxyl groups is 1. The summed E-state index contributed by atoms with van der Waals surface area (Å²) in [5, 5.41) is 15.0. The number of ether oxygens (including phenoxy) is 2. The molecule has 1 aromatic rings. The molecule has 7 heteroatoms. The Morgan fingerprint density at radius 2 is 2.05 bits per heavy atom. The number of urea groups is 1. The molecule has 22 heavy (non-hydrogen) atoms. The van der Waals surface area contributed by atoms with E-state index in [1.54, 1.807) is 18.2 Å². The van der Waals surface area contributed by atoms with Crippen LogP contribution in [0.1, 0.15) is 12.8 Å². The van der Waals surface area contributed by atoms with E-state index in [2.05, 4.69) is 15.5 Å². The minimum Gasteiger partial charge on any atom is -0.454 e. The summed E-state index contributed by atoms with van der Waals surface area (Å²) in [5.74, 6) is 1.34. The predicted octanol–water partition coefficient (Wildman–Crippen LogP) is 0.993. The van der Waals surface area contributed by atoms with Gasteiger partial charge in [-0.05, 0) is 25.0 Å². The number of fused-ring (bicyclic) bond motifs is 1. The number of nitrogens with zero attached hydrogens (tertiary/aromatic N) is 1. The van der Waals surface area contributed by atoms with Gasteiger partial charge < -0.3 is 30.1 Å². The summed E-state index contributed by atoms with van der Waals surface area (Å²) in [6.45, 7) is 3.35. The molecule has 0 saturated carbocycles. The van der Waals surface area contributed by atoms with Crippen molar-refractivity contribution >= 4 is 11.7 Å². The van der Waals surface area contributed by atoms with Gasteiger partial charge >= 0.3 is 6.03 Å². The van der Waals surface area contributed by atoms with Crippen molar-refractivity contribution in [2.75, 3.05) is 38.3 Å². The van der Waals surface area contributed by atoms with Crippen LogP contribution in [0.3, 0.4) is 0 Å². The van der Waals surface area contributed by atoms with Crippen LogP contribution >= 0.6 is 0 Å². The molecule has 0 atom stereocenters. The third-order valence-electron chi connectivity index (χ3n) is 3.90. The number of amides is 2. The van der Waals surface area contributed by atoms with Crippen LogP contribution in [0, 0.1) is 0 Å². The van der Waals surface area contributed by atoms with Crippen molar-refractivity contribution in [3.63, 3.8) is 0 Å². The number of likely N-dealkylation sites (tertiary alicyclic amines) is 1. The fourth-order valence-corrected chi connectivity index (χ4v) is 2.62. The lowest BCUT2D eigenvalue weighted by atomic mass is 10.1. The Hall–Kier alpha value is -1.99. The molecule has 2 heterocycles. The van der Waals surface area contributed by atoms with E-state index in [1.807, 2.05) is 0 Å². The zero-order valence-electron chi connectivity index (χ0n) is 12.4. The van der Waals surface area contributed by atoms with Crippen LogP contribution in [-0.2, 0) is 0 Å². The fraction of sp³-hybridized carbons (Fsp3) is 0.533. The average molecular weight is 307 g/mol. The number of aliphatic hydroxyl groups excluding tert-OH is 1. The van der Waals surface area contributed by atoms with Crippen molar-refractivity contribution in [1.82, 2.24) is 10.2 Å². The highest BCUT2D eigenvalue weighted by Crippen LogP contribution is 2.34. The number of hydrogen-bond donors (Lipinski definition) is 3. The summed E-state index contributed by atoms with van der Waals surface area (Å²) in [6, 6.07) is 5.06. The van der Waals surface area contributed by atoms with Crippen molar-refractivity contribution in [3.05, 3.63) is 18.2 Å². The van der Waals surface area contributed by atoms with Crippen LogP contribution in [0.5, 0.6) is 11.5 Å². The molecule has 2 aliphatic heterocycles. The number of anilines is 1. The lowest BCUT2D eigenvalue weighted by Gasteiger charge is -2.29. The third kappa shape index (κ3) is 3.80. The number of carbonyl (C=O) groups is 1. The second-order valence-electron chi connectivity index (χ2n) is 5.52. The van der Waals surface area contributed by atoms with Crippen LogP contribution < -0.4 is 20.1 Å². The van der Waals surface area contributed by atoms with Gasteiger partial charge in [0.15, 0.2) is 11.5 Å². The van der Waals surface area contributed by atoms with Crippen molar-refractivity contribution in [2.24, 2.45) is 0 Å². The first-order valence-corrected chi connectivity index (χ1v) is 7.55. The van der Waals surface area contributed by atoms with E-state index < -0.39 is 0 Å². The third-order valence-corrected chi connectivity index (χ3v) is 3.90. The number of rotatable bonds is 4. The van der Waals surface area contributed by atoms with Gasteiger partial charge in [0.1, 0.15) is 0 Å². The molecule has 1 aromatic carbocycles. The van der Waals surface area contributed by atoms with Crippen LogP contribution in [0.4, 0.5) is 10.5 Å². The van der Waals surface area contributed by atoms with Crippen molar-refractivity contribution in [2.45, 2.75) is 18.9 Å². The number of carbonyl (C=O) groups excluding carboxylic acids is 1. The molecule has 3 rings (SSSR count). The molecule has 0 radical (unpaired) electrons. The molecule has 0 bridgehead atoms. The zero-order valence-corrected chi connectivity index (χ0v) is 12.4. The van der Waals surface area contributed by atoms with Gasteiger partial charge in [0.2, 0.25) is 6.79 Å². The smallest absolute Gasteiger partial charge is 0.319 e. The Balaban J connectivity index is 1.39. The van der Waals surface area contributed by atoms with E-state index in [0.717, 1.165) is 32.5 Å². The maximum atomic E-state index is 11.9. The van der Waals surface area contributed by atoms with E-state index in [-0.39, 0.29) is 18.9 Å². The minimum absolute atomic E-state index is 0.168. The van der Waals surface area contributed by atoms with E-state index in [0.29, 0.717) is 23.7 Å². The second kappa shape index (κ2) is 6.85. The lowest BCUT2D eigenvalue weighted by Crippen LogP contribution is -2.41. The van der Waals surface area contributed by atoms with E-state index in [1.165, 1.54) is 0 Å². The quantitative estimate of drug-likeness (QED) is 0.773. The Morgan fingerprint density at radius 3 is 2.86 bits per heavy atom. The maximum absolute atomic E-state index is 11.9. The highest BCUT2D eigenvalue weighted by atomic mass is 16.7. The fourth-order valence-electron chi connectivity index (χ4n) is 2.62. The number of nitrogens with one attached hydrogen (secondary N) is 2. The summed E-state index contributed by atoms with van der Waals surface area (Å²) in [4.78, 5) is 14.1. The largest absolute Gasteiger partial charge is 0.454 e. The molecule has 0 unspecified atom stereocenters. The SMILES string of the molecule is O=C(NCCN1CCC(O)CC1)Nc1ccc2c(c1)OCO2. The number of hydrogen-bond acceptors (Lipinski definition) is 5. The van der Waals surface area contributed by atoms with Gasteiger partial charge in [-0.1, -0.05) is 0 Å². The van der Waals surface area contributed by atoms with E-state index >= 15 is 0 Å². The molecule has 120 valence electrons. The average Bonchev–Trinajstić information content (AvgIpc) is 2.97. The highest BCUT2D eigenvalue weighted by Gasteiger charge is 2.17. The molecule has 1 saturated heterocycles. The molecule has 3 N–H and O–H groups in total. The zero-order chi connectivity index (χ0) is 15.4. The van der Waals surface area contributed by atoms with Crippen LogP contribution in [0.15, 0.2) is 18.2 Å². The van der Waals surface area contributed by atoms with Crippen LogP contribution in [0.2, 0.25) is 0 Å². The Bertz CT molecular complexity index is 530. The number of benzene rings is 1. The van der Waals surface area contributed by atoms with Gasteiger partial charge in [0, 0.05) is 37.9 Å². The molecule has 0 aliphatic carbocycles. The van der Waals surface area contributed by atoms with Gasteiger partial charge in [-0.3, -0.25) is 0 Å². The Morgan fingerprint density at radius 1 is 1.27 bits per heavy atom. The number of piperidine rings is 1. The summed E-state index contributed by atoms with van der Waals surface area (Å²) in [7, 11) is 0. The molecule has 0 spiro atoms. The maximum Gasteiger partial charge on any atom is 0.319 e. The van der Waals surface area contributed by atoms with Gasteiger partial charge in [-0.15, -0.1) is 0 Å². The normalized spacial score (nSPS) is 18.2. The minimum atomic E-state index is -0.240. The van der Waals surface area contributed by atoms with Crippen LogP contribution in [-0.4, -0.2) is 55.1 Å². The monoisotopic (exact) mass is 307 g/mol. The topological polar surface area (TPSA) is 83.1 Å². The molecule has 7 nitrogen and oxygen atoms in total. The van der Waals surface area contributed by atoms with Crippen molar-refractivity contribution in [3.8, 4) is 11.5 Å². The van der Waals surface area contributed by atoms with Gasteiger partial charge in [0.25, 0.3) is 0 Å². The first-order chi connectivity index (χ1) is 10.7. The van der Waals surface area contributed by atoms with E-state index in [9.17, 15) is 9.90 Å². The van der Waals surface area contributed by atoms with Crippen LogP contribution in [0.25, 0.3) is 0 Å². The van der Waals surface area contributed by atoms with Gasteiger partial charge in [-0.25, -0.2) is 4.79 Å². The lowest BCUT2D eigenvalue weighted by molar-refractivity contribution is 0.0833. The molecule has 0 aromatic heterocycles. The Kier molecular flexibility index (Phi) is 4.65. The summed E-state index contributed by atoms with van der Waals surface area (Å²) >= 11 is 0. The van der Waals surface area contributed by atoms with E-state index in [4.69, 9.17) is 9.47 Å². The second-order valence-corrected chi connectivity index (χ2v) is 5.52. The standard InChI is InChI=1S/C15H21N3O4/c19-12-3-6-18(7-4-12)8-5-16-15(20)17-11-1-2-13-14(9-11)22-10-21-13/h1-2,9,12,19H,3-8,10H2,(H2,16,17,20). The Labute approximate surface area is 129 Å². The molecule has 2 amide bonds. The first kappa shape index (κ1) is 14.9. The summed E-state index contributed by atoms with van der Waals surface area (Å²) < 4.78 is 10.5. The summed E-state index contributed by atoms with van der Waals surface area (Å²) in [6.07, 6.45) is 1.45. The van der Waals surface area contributed by atoms with Crippen molar-refractivity contribution in [1.29, 1.82) is 0 Å². The first-order valence-electron chi connectivity index (χ1n) is 7.55. The molecule has 1 fully saturated rings. The highest BCUT2D eigenvalue weighted by molar-refractivity contribution is 5.89. The van der Waals surface area contributed by atoms with Gasteiger partial charge in [-0.2, -0.15) is 0 Å². The molecular formula is C15H21N3O4. The summed E-state index contributed by atoms with van der Waals surface area (Å²) in [5.41, 5.74) is 0.669.